The predicted molar refractivity (Wildman–Crippen MR) is 151 cm³/mol. The lowest BCUT2D eigenvalue weighted by molar-refractivity contribution is 0.212. The zero-order chi connectivity index (χ0) is 27.1. The van der Waals surface area contributed by atoms with Crippen molar-refractivity contribution in [3.05, 3.63) is 89.3 Å². The van der Waals surface area contributed by atoms with Crippen molar-refractivity contribution in [3.63, 3.8) is 0 Å². The van der Waals surface area contributed by atoms with E-state index in [0.29, 0.717) is 49.5 Å². The average molecular weight is 544 g/mol. The summed E-state index contributed by atoms with van der Waals surface area (Å²) in [5.41, 5.74) is 7.78. The third-order valence-corrected chi connectivity index (χ3v) is 8.78. The van der Waals surface area contributed by atoms with Crippen LogP contribution < -0.4 is 5.32 Å². The number of sulfonamides is 1. The second-order valence-electron chi connectivity index (χ2n) is 9.95. The van der Waals surface area contributed by atoms with Crippen molar-refractivity contribution in [2.24, 2.45) is 0 Å². The van der Waals surface area contributed by atoms with E-state index in [1.54, 1.807) is 17.2 Å². The Bertz CT molecular complexity index is 1700. The van der Waals surface area contributed by atoms with Gasteiger partial charge in [-0.1, -0.05) is 42.5 Å². The molecule has 6 rings (SSSR count). The van der Waals surface area contributed by atoms with Crippen LogP contribution in [0.15, 0.2) is 66.9 Å². The van der Waals surface area contributed by atoms with Gasteiger partial charge in [0, 0.05) is 54.7 Å². The van der Waals surface area contributed by atoms with Crippen LogP contribution in [0.4, 0.5) is 10.5 Å². The van der Waals surface area contributed by atoms with Gasteiger partial charge in [0.05, 0.1) is 12.9 Å². The minimum atomic E-state index is -3.23. The maximum atomic E-state index is 13.1. The van der Waals surface area contributed by atoms with Gasteiger partial charge in [-0.15, -0.1) is 0 Å². The number of amides is 2. The van der Waals surface area contributed by atoms with Crippen molar-refractivity contribution in [2.45, 2.75) is 26.1 Å². The minimum absolute atomic E-state index is 0.214. The summed E-state index contributed by atoms with van der Waals surface area (Å²) in [5.74, 6) is 0. The molecule has 0 spiro atoms. The summed E-state index contributed by atoms with van der Waals surface area (Å²) in [6.07, 6.45) is 5.47. The molecule has 0 radical (unpaired) electrons. The molecule has 3 N–H and O–H groups in total. The van der Waals surface area contributed by atoms with Crippen molar-refractivity contribution in [1.29, 1.82) is 0 Å². The maximum absolute atomic E-state index is 13.1. The average Bonchev–Trinajstić information content (AvgIpc) is 3.57. The van der Waals surface area contributed by atoms with E-state index in [1.807, 2.05) is 54.6 Å². The van der Waals surface area contributed by atoms with Crippen molar-refractivity contribution >= 4 is 38.3 Å². The van der Waals surface area contributed by atoms with Gasteiger partial charge >= 0.3 is 6.03 Å². The van der Waals surface area contributed by atoms with Gasteiger partial charge < -0.3 is 20.3 Å². The van der Waals surface area contributed by atoms with Crippen molar-refractivity contribution < 1.29 is 18.3 Å². The predicted octanol–water partition coefficient (Wildman–Crippen LogP) is 4.32. The number of anilines is 1. The molecular weight excluding hydrogens is 514 g/mol. The third-order valence-electron chi connectivity index (χ3n) is 7.51. The van der Waals surface area contributed by atoms with Gasteiger partial charge in [0.2, 0.25) is 10.0 Å². The Hall–Kier alpha value is -3.99. The second kappa shape index (κ2) is 9.96. The maximum Gasteiger partial charge on any atom is 0.322 e. The summed E-state index contributed by atoms with van der Waals surface area (Å²) in [6, 6.07) is 17.3. The molecule has 10 heteroatoms. The van der Waals surface area contributed by atoms with Gasteiger partial charge in [-0.05, 0) is 52.4 Å². The van der Waals surface area contributed by atoms with Crippen LogP contribution in [0.3, 0.4) is 0 Å². The highest BCUT2D eigenvalue weighted by atomic mass is 32.2. The van der Waals surface area contributed by atoms with Crippen molar-refractivity contribution in [3.8, 4) is 11.1 Å². The van der Waals surface area contributed by atoms with E-state index in [0.717, 1.165) is 38.9 Å². The van der Waals surface area contributed by atoms with Crippen LogP contribution in [-0.4, -0.2) is 58.1 Å². The first-order valence-corrected chi connectivity index (χ1v) is 14.6. The van der Waals surface area contributed by atoms with Crippen LogP contribution in [0.5, 0.6) is 0 Å². The van der Waals surface area contributed by atoms with E-state index in [4.69, 9.17) is 0 Å². The molecular formula is C29H29N5O4S. The fourth-order valence-electron chi connectivity index (χ4n) is 5.43. The minimum Gasteiger partial charge on any atom is -0.392 e. The van der Waals surface area contributed by atoms with Gasteiger partial charge in [-0.25, -0.2) is 18.2 Å². The summed E-state index contributed by atoms with van der Waals surface area (Å²) < 4.78 is 25.2. The van der Waals surface area contributed by atoms with Gasteiger partial charge in [0.1, 0.15) is 5.65 Å². The summed E-state index contributed by atoms with van der Waals surface area (Å²) in [5, 5.41) is 14.3. The highest BCUT2D eigenvalue weighted by Crippen LogP contribution is 2.36. The molecule has 2 aliphatic heterocycles. The van der Waals surface area contributed by atoms with Crippen molar-refractivity contribution in [2.75, 3.05) is 24.7 Å². The molecule has 0 atom stereocenters. The van der Waals surface area contributed by atoms with E-state index in [-0.39, 0.29) is 12.6 Å². The van der Waals surface area contributed by atoms with Crippen LogP contribution in [0, 0.1) is 0 Å². The lowest BCUT2D eigenvalue weighted by atomic mass is 9.96. The number of hydrogen-bond acceptors (Lipinski definition) is 5. The Balaban J connectivity index is 1.30. The molecule has 0 saturated heterocycles. The number of fused-ring (bicyclic) bond motifs is 2. The molecule has 39 heavy (non-hydrogen) atoms. The van der Waals surface area contributed by atoms with E-state index < -0.39 is 10.0 Å². The number of benzene rings is 2. The number of aromatic nitrogens is 2. The molecule has 2 aliphatic rings. The number of aliphatic hydroxyl groups excluding tert-OH is 1. The molecule has 0 unspecified atom stereocenters. The van der Waals surface area contributed by atoms with Crippen LogP contribution >= 0.6 is 0 Å². The largest absolute Gasteiger partial charge is 0.392 e. The topological polar surface area (TPSA) is 119 Å². The fraction of sp³-hybridized carbons (Fsp3) is 0.241. The molecule has 4 aromatic rings. The molecule has 0 fully saturated rings. The number of carbonyl (C=O) groups excluding carboxylic acids is 1. The Morgan fingerprint density at radius 1 is 1.08 bits per heavy atom. The molecule has 0 bridgehead atoms. The quantitative estimate of drug-likeness (QED) is 0.347. The first kappa shape index (κ1) is 25.3. The van der Waals surface area contributed by atoms with E-state index in [2.05, 4.69) is 15.3 Å². The number of pyridine rings is 1. The number of hydrogen-bond donors (Lipinski definition) is 3. The second-order valence-corrected chi connectivity index (χ2v) is 11.9. The number of aliphatic hydroxyl groups is 1. The molecule has 9 nitrogen and oxygen atoms in total. The monoisotopic (exact) mass is 543 g/mol. The highest BCUT2D eigenvalue weighted by Gasteiger charge is 2.25. The summed E-state index contributed by atoms with van der Waals surface area (Å²) in [6.45, 7) is 1.61. The SMILES string of the molecule is CS(=O)(=O)N1CC=C(c2cc3c(-c4cccc(NC(=O)N5Cc6ccccc6C5)c4CO)ccnc3[nH]2)CC1. The first-order chi connectivity index (χ1) is 18.8. The number of aromatic amines is 1. The Kier molecular flexibility index (Phi) is 6.46. The molecule has 2 amide bonds. The Labute approximate surface area is 226 Å². The normalized spacial score (nSPS) is 15.8. The first-order valence-electron chi connectivity index (χ1n) is 12.8. The lowest BCUT2D eigenvalue weighted by Crippen LogP contribution is -2.33. The Morgan fingerprint density at radius 3 is 2.51 bits per heavy atom. The number of H-pyrrole nitrogens is 1. The molecule has 2 aromatic heterocycles. The number of urea groups is 1. The Morgan fingerprint density at radius 2 is 1.85 bits per heavy atom. The lowest BCUT2D eigenvalue weighted by Gasteiger charge is -2.23. The van der Waals surface area contributed by atoms with Gasteiger partial charge in [0.25, 0.3) is 0 Å². The van der Waals surface area contributed by atoms with E-state index in [1.165, 1.54) is 10.6 Å². The number of nitrogens with zero attached hydrogens (tertiary/aromatic N) is 3. The number of nitrogens with one attached hydrogen (secondary N) is 2. The highest BCUT2D eigenvalue weighted by molar-refractivity contribution is 7.88. The zero-order valence-corrected chi connectivity index (χ0v) is 22.3. The molecule has 0 saturated carbocycles. The fourth-order valence-corrected chi connectivity index (χ4v) is 6.20. The summed E-state index contributed by atoms with van der Waals surface area (Å²) in [7, 11) is -3.23. The number of rotatable bonds is 5. The van der Waals surface area contributed by atoms with E-state index >= 15 is 0 Å². The molecule has 0 aliphatic carbocycles. The molecule has 4 heterocycles. The zero-order valence-electron chi connectivity index (χ0n) is 21.5. The molecule has 200 valence electrons. The van der Waals surface area contributed by atoms with Crippen LogP contribution in [-0.2, 0) is 29.7 Å². The van der Waals surface area contributed by atoms with Gasteiger partial charge in [-0.2, -0.15) is 4.31 Å². The third kappa shape index (κ3) is 4.82. The number of carbonyl (C=O) groups is 1. The van der Waals surface area contributed by atoms with Crippen molar-refractivity contribution in [1.82, 2.24) is 19.2 Å². The summed E-state index contributed by atoms with van der Waals surface area (Å²) in [4.78, 5) is 22.8. The smallest absolute Gasteiger partial charge is 0.322 e. The van der Waals surface area contributed by atoms with Crippen LogP contribution in [0.25, 0.3) is 27.7 Å². The standard InChI is InChI=1S/C29H29N5O4S/c1-39(37,38)34-13-10-19(11-14-34)27-15-24-23(9-12-30-28(24)31-27)22-7-4-8-26(25(22)18-35)32-29(36)33-16-20-5-2-3-6-21(20)17-33/h2-10,12,15,35H,11,13-14,16-18H2,1H3,(H,30,31)(H,32,36). The van der Waals surface area contributed by atoms with Crippen LogP contribution in [0.1, 0.15) is 28.8 Å². The summed E-state index contributed by atoms with van der Waals surface area (Å²) >= 11 is 0. The molecule has 2 aromatic carbocycles. The van der Waals surface area contributed by atoms with Gasteiger partial charge in [0.15, 0.2) is 0 Å². The van der Waals surface area contributed by atoms with Gasteiger partial charge in [-0.3, -0.25) is 0 Å². The van der Waals surface area contributed by atoms with E-state index in [9.17, 15) is 18.3 Å². The van der Waals surface area contributed by atoms with Crippen LogP contribution in [0.2, 0.25) is 0 Å².